The van der Waals surface area contributed by atoms with E-state index >= 15 is 0 Å². The molecule has 0 rings (SSSR count). The lowest BCUT2D eigenvalue weighted by molar-refractivity contribution is -0.158. The molecule has 0 saturated carbocycles. The highest BCUT2D eigenvalue weighted by molar-refractivity contribution is 5.83. The topological polar surface area (TPSA) is 81.4 Å². The van der Waals surface area contributed by atoms with Crippen LogP contribution in [0.5, 0.6) is 0 Å². The van der Waals surface area contributed by atoms with E-state index in [9.17, 15) is 9.59 Å². The highest BCUT2D eigenvalue weighted by atomic mass is 16.6. The standard InChI is InChI=1S/C12H24N2O3/c1-9(15)14-10(7-5-6-8-13)11(16)17-12(2,3)4/h10H,5-8,13H2,1-4H3,(H,14,15)/t10-/m0/s1. The molecular weight excluding hydrogens is 220 g/mol. The van der Waals surface area contributed by atoms with Crippen LogP contribution in [-0.4, -0.2) is 30.1 Å². The molecule has 0 aromatic carbocycles. The maximum atomic E-state index is 11.8. The molecule has 100 valence electrons. The Morgan fingerprint density at radius 2 is 1.88 bits per heavy atom. The first-order valence-corrected chi connectivity index (χ1v) is 5.96. The minimum absolute atomic E-state index is 0.228. The quantitative estimate of drug-likeness (QED) is 0.538. The van der Waals surface area contributed by atoms with Gasteiger partial charge in [0.2, 0.25) is 5.91 Å². The summed E-state index contributed by atoms with van der Waals surface area (Å²) in [4.78, 5) is 22.8. The molecule has 1 atom stereocenters. The minimum Gasteiger partial charge on any atom is -0.458 e. The third kappa shape index (κ3) is 8.68. The molecule has 5 heteroatoms. The van der Waals surface area contributed by atoms with Crippen LogP contribution in [0, 0.1) is 0 Å². The summed E-state index contributed by atoms with van der Waals surface area (Å²) >= 11 is 0. The predicted molar refractivity (Wildman–Crippen MR) is 66.4 cm³/mol. The molecule has 0 saturated heterocycles. The van der Waals surface area contributed by atoms with Crippen molar-refractivity contribution in [1.82, 2.24) is 5.32 Å². The Morgan fingerprint density at radius 3 is 2.29 bits per heavy atom. The lowest BCUT2D eigenvalue weighted by Gasteiger charge is -2.24. The van der Waals surface area contributed by atoms with Gasteiger partial charge in [-0.05, 0) is 46.6 Å². The van der Waals surface area contributed by atoms with Gasteiger partial charge < -0.3 is 15.8 Å². The molecule has 17 heavy (non-hydrogen) atoms. The number of hydrogen-bond donors (Lipinski definition) is 2. The van der Waals surface area contributed by atoms with Crippen molar-refractivity contribution in [2.24, 2.45) is 5.73 Å². The van der Waals surface area contributed by atoms with Crippen molar-refractivity contribution in [1.29, 1.82) is 0 Å². The number of ether oxygens (including phenoxy) is 1. The molecule has 0 aliphatic heterocycles. The zero-order valence-corrected chi connectivity index (χ0v) is 11.2. The summed E-state index contributed by atoms with van der Waals surface area (Å²) in [5.41, 5.74) is 4.85. The largest absolute Gasteiger partial charge is 0.458 e. The van der Waals surface area contributed by atoms with E-state index in [1.165, 1.54) is 6.92 Å². The maximum absolute atomic E-state index is 11.8. The molecule has 1 amide bonds. The number of nitrogens with one attached hydrogen (secondary N) is 1. The van der Waals surface area contributed by atoms with Crippen LogP contribution >= 0.6 is 0 Å². The molecule has 3 N–H and O–H groups in total. The second-order valence-corrected chi connectivity index (χ2v) is 5.07. The van der Waals surface area contributed by atoms with Gasteiger partial charge in [-0.15, -0.1) is 0 Å². The Labute approximate surface area is 103 Å². The van der Waals surface area contributed by atoms with Gasteiger partial charge in [-0.3, -0.25) is 4.79 Å². The number of carbonyl (C=O) groups excluding carboxylic acids is 2. The fourth-order valence-corrected chi connectivity index (χ4v) is 1.36. The highest BCUT2D eigenvalue weighted by Gasteiger charge is 2.25. The molecule has 0 spiro atoms. The van der Waals surface area contributed by atoms with E-state index in [4.69, 9.17) is 10.5 Å². The Bertz CT molecular complexity index is 259. The number of carbonyl (C=O) groups is 2. The zero-order chi connectivity index (χ0) is 13.5. The van der Waals surface area contributed by atoms with Gasteiger partial charge in [0.15, 0.2) is 0 Å². The van der Waals surface area contributed by atoms with Crippen LogP contribution in [-0.2, 0) is 14.3 Å². The van der Waals surface area contributed by atoms with Crippen molar-refractivity contribution in [3.63, 3.8) is 0 Å². The van der Waals surface area contributed by atoms with E-state index in [-0.39, 0.29) is 11.9 Å². The van der Waals surface area contributed by atoms with Crippen LogP contribution < -0.4 is 11.1 Å². The van der Waals surface area contributed by atoms with Crippen molar-refractivity contribution in [3.8, 4) is 0 Å². The van der Waals surface area contributed by atoms with Gasteiger partial charge in [-0.2, -0.15) is 0 Å². The van der Waals surface area contributed by atoms with E-state index in [0.29, 0.717) is 13.0 Å². The van der Waals surface area contributed by atoms with Crippen LogP contribution in [0.2, 0.25) is 0 Å². The van der Waals surface area contributed by atoms with Crippen molar-refractivity contribution >= 4 is 11.9 Å². The highest BCUT2D eigenvalue weighted by Crippen LogP contribution is 2.11. The smallest absolute Gasteiger partial charge is 0.329 e. The van der Waals surface area contributed by atoms with Crippen LogP contribution in [0.15, 0.2) is 0 Å². The summed E-state index contributed by atoms with van der Waals surface area (Å²) in [6, 6.07) is -0.571. The average Bonchev–Trinajstić information content (AvgIpc) is 2.13. The Hall–Kier alpha value is -1.10. The fourth-order valence-electron chi connectivity index (χ4n) is 1.36. The summed E-state index contributed by atoms with van der Waals surface area (Å²) in [5, 5.41) is 2.61. The van der Waals surface area contributed by atoms with E-state index in [1.54, 1.807) is 20.8 Å². The summed E-state index contributed by atoms with van der Waals surface area (Å²) in [7, 11) is 0. The normalized spacial score (nSPS) is 13.0. The summed E-state index contributed by atoms with van der Waals surface area (Å²) in [5.74, 6) is -0.613. The number of hydrogen-bond acceptors (Lipinski definition) is 4. The molecule has 0 aliphatic carbocycles. The Morgan fingerprint density at radius 1 is 1.29 bits per heavy atom. The first-order valence-electron chi connectivity index (χ1n) is 5.96. The summed E-state index contributed by atoms with van der Waals surface area (Å²) in [6.45, 7) is 7.38. The molecular formula is C12H24N2O3. The van der Waals surface area contributed by atoms with Crippen LogP contribution in [0.3, 0.4) is 0 Å². The monoisotopic (exact) mass is 244 g/mol. The number of rotatable bonds is 6. The predicted octanol–water partition coefficient (Wildman–Crippen LogP) is 0.962. The van der Waals surface area contributed by atoms with Crippen molar-refractivity contribution in [3.05, 3.63) is 0 Å². The molecule has 0 fully saturated rings. The molecule has 0 radical (unpaired) electrons. The molecule has 5 nitrogen and oxygen atoms in total. The van der Waals surface area contributed by atoms with Crippen LogP contribution in [0.1, 0.15) is 47.0 Å². The van der Waals surface area contributed by atoms with Crippen molar-refractivity contribution in [2.45, 2.75) is 58.6 Å². The molecule has 0 unspecified atom stereocenters. The molecule has 0 aromatic heterocycles. The first-order chi connectivity index (χ1) is 7.76. The zero-order valence-electron chi connectivity index (χ0n) is 11.2. The van der Waals surface area contributed by atoms with Crippen molar-refractivity contribution in [2.75, 3.05) is 6.54 Å². The first kappa shape index (κ1) is 15.9. The van der Waals surface area contributed by atoms with E-state index in [0.717, 1.165) is 12.8 Å². The van der Waals surface area contributed by atoms with E-state index in [2.05, 4.69) is 5.32 Å². The van der Waals surface area contributed by atoms with Gasteiger partial charge >= 0.3 is 5.97 Å². The third-order valence-electron chi connectivity index (χ3n) is 2.02. The lowest BCUT2D eigenvalue weighted by Crippen LogP contribution is -2.43. The molecule has 0 bridgehead atoms. The lowest BCUT2D eigenvalue weighted by atomic mass is 10.1. The molecule has 0 aromatic rings. The number of nitrogens with two attached hydrogens (primary N) is 1. The number of unbranched alkanes of at least 4 members (excludes halogenated alkanes) is 1. The van der Waals surface area contributed by atoms with Gasteiger partial charge in [-0.1, -0.05) is 0 Å². The van der Waals surface area contributed by atoms with Crippen LogP contribution in [0.25, 0.3) is 0 Å². The van der Waals surface area contributed by atoms with Gasteiger partial charge in [0.05, 0.1) is 0 Å². The third-order valence-corrected chi connectivity index (χ3v) is 2.02. The molecule has 0 heterocycles. The van der Waals surface area contributed by atoms with E-state index < -0.39 is 11.6 Å². The summed E-state index contributed by atoms with van der Waals surface area (Å²) in [6.07, 6.45) is 2.19. The number of esters is 1. The summed E-state index contributed by atoms with van der Waals surface area (Å²) < 4.78 is 5.25. The van der Waals surface area contributed by atoms with Crippen LogP contribution in [0.4, 0.5) is 0 Å². The maximum Gasteiger partial charge on any atom is 0.329 e. The fraction of sp³-hybridized carbons (Fsp3) is 0.833. The minimum atomic E-state index is -0.571. The van der Waals surface area contributed by atoms with Crippen molar-refractivity contribution < 1.29 is 14.3 Å². The Kier molecular flexibility index (Phi) is 6.80. The number of amides is 1. The second-order valence-electron chi connectivity index (χ2n) is 5.07. The molecule has 0 aliphatic rings. The van der Waals surface area contributed by atoms with Gasteiger partial charge in [-0.25, -0.2) is 4.79 Å². The Balaban J connectivity index is 4.34. The van der Waals surface area contributed by atoms with Gasteiger partial charge in [0.25, 0.3) is 0 Å². The second kappa shape index (κ2) is 7.27. The average molecular weight is 244 g/mol. The van der Waals surface area contributed by atoms with Gasteiger partial charge in [0.1, 0.15) is 11.6 Å². The van der Waals surface area contributed by atoms with E-state index in [1.807, 2.05) is 0 Å². The van der Waals surface area contributed by atoms with Gasteiger partial charge in [0, 0.05) is 6.92 Å². The SMILES string of the molecule is CC(=O)N[C@@H](CCCCN)C(=O)OC(C)(C)C.